The lowest BCUT2D eigenvalue weighted by molar-refractivity contribution is 0.0705. The standard InChI is InChI=1S/C18H20N6O/c1-13-10-20-22-17(13)15-4-2-8-23(12-15)18(25)14-5-6-16(19-11-14)24-9-3-7-21-24/h3,5-7,9-11,15H,2,4,8,12H2,1H3,(H,20,22)/t15-/m1/s1. The number of nitrogens with one attached hydrogen (secondary N) is 1. The molecule has 0 saturated carbocycles. The summed E-state index contributed by atoms with van der Waals surface area (Å²) in [5, 5.41) is 11.3. The fourth-order valence-corrected chi connectivity index (χ4v) is 3.40. The smallest absolute Gasteiger partial charge is 0.255 e. The second kappa shape index (κ2) is 6.51. The molecular weight excluding hydrogens is 316 g/mol. The molecule has 1 aliphatic rings. The van der Waals surface area contributed by atoms with Crippen LogP contribution < -0.4 is 0 Å². The number of piperidine rings is 1. The number of hydrogen-bond donors (Lipinski definition) is 1. The first-order chi connectivity index (χ1) is 12.2. The minimum absolute atomic E-state index is 0.0291. The van der Waals surface area contributed by atoms with Gasteiger partial charge in [0.25, 0.3) is 5.91 Å². The van der Waals surface area contributed by atoms with Gasteiger partial charge in [0, 0.05) is 43.3 Å². The zero-order chi connectivity index (χ0) is 17.2. The van der Waals surface area contributed by atoms with Gasteiger partial charge in [-0.05, 0) is 43.5 Å². The van der Waals surface area contributed by atoms with Crippen LogP contribution in [0.25, 0.3) is 5.82 Å². The van der Waals surface area contributed by atoms with E-state index in [1.54, 1.807) is 17.1 Å². The number of H-pyrrole nitrogens is 1. The van der Waals surface area contributed by atoms with Crippen molar-refractivity contribution in [3.05, 3.63) is 59.8 Å². The monoisotopic (exact) mass is 336 g/mol. The Balaban J connectivity index is 1.49. The van der Waals surface area contributed by atoms with E-state index in [0.29, 0.717) is 23.8 Å². The van der Waals surface area contributed by atoms with Crippen LogP contribution in [0.15, 0.2) is 43.0 Å². The molecule has 0 aliphatic carbocycles. The molecule has 3 aromatic rings. The Kier molecular flexibility index (Phi) is 4.05. The summed E-state index contributed by atoms with van der Waals surface area (Å²) < 4.78 is 1.67. The van der Waals surface area contributed by atoms with E-state index in [1.807, 2.05) is 35.5 Å². The van der Waals surface area contributed by atoms with Crippen LogP contribution in [0.1, 0.15) is 40.4 Å². The summed E-state index contributed by atoms with van der Waals surface area (Å²) in [4.78, 5) is 19.1. The van der Waals surface area contributed by atoms with Crippen molar-refractivity contribution in [3.63, 3.8) is 0 Å². The number of carbonyl (C=O) groups excluding carboxylic acids is 1. The fraction of sp³-hybridized carbons (Fsp3) is 0.333. The Bertz CT molecular complexity index is 852. The molecule has 3 aromatic heterocycles. The van der Waals surface area contributed by atoms with Crippen LogP contribution in [0, 0.1) is 6.92 Å². The van der Waals surface area contributed by atoms with Crippen LogP contribution in [0.4, 0.5) is 0 Å². The number of hydrogen-bond acceptors (Lipinski definition) is 4. The Hall–Kier alpha value is -2.96. The summed E-state index contributed by atoms with van der Waals surface area (Å²) in [5.74, 6) is 1.05. The maximum absolute atomic E-state index is 12.8. The molecule has 1 saturated heterocycles. The lowest BCUT2D eigenvalue weighted by atomic mass is 9.92. The van der Waals surface area contributed by atoms with Crippen molar-refractivity contribution in [1.29, 1.82) is 0 Å². The third-order valence-electron chi connectivity index (χ3n) is 4.72. The highest BCUT2D eigenvalue weighted by atomic mass is 16.2. The number of pyridine rings is 1. The highest BCUT2D eigenvalue weighted by Gasteiger charge is 2.27. The molecule has 0 spiro atoms. The Morgan fingerprint density at radius 3 is 2.92 bits per heavy atom. The Morgan fingerprint density at radius 2 is 2.24 bits per heavy atom. The van der Waals surface area contributed by atoms with E-state index >= 15 is 0 Å². The summed E-state index contributed by atoms with van der Waals surface area (Å²) in [7, 11) is 0. The van der Waals surface area contributed by atoms with Crippen LogP contribution in [-0.4, -0.2) is 48.9 Å². The lowest BCUT2D eigenvalue weighted by Gasteiger charge is -2.32. The van der Waals surface area contributed by atoms with Crippen molar-refractivity contribution in [2.75, 3.05) is 13.1 Å². The molecule has 1 amide bonds. The summed E-state index contributed by atoms with van der Waals surface area (Å²) >= 11 is 0. The number of nitrogens with zero attached hydrogens (tertiary/aromatic N) is 5. The lowest BCUT2D eigenvalue weighted by Crippen LogP contribution is -2.39. The van der Waals surface area contributed by atoms with Crippen LogP contribution in [0.3, 0.4) is 0 Å². The van der Waals surface area contributed by atoms with Gasteiger partial charge in [-0.25, -0.2) is 9.67 Å². The highest BCUT2D eigenvalue weighted by molar-refractivity contribution is 5.94. The number of rotatable bonds is 3. The van der Waals surface area contributed by atoms with Gasteiger partial charge in [0.2, 0.25) is 0 Å². The van der Waals surface area contributed by atoms with E-state index in [4.69, 9.17) is 0 Å². The third kappa shape index (κ3) is 3.05. The molecule has 0 radical (unpaired) electrons. The van der Waals surface area contributed by atoms with Crippen LogP contribution >= 0.6 is 0 Å². The van der Waals surface area contributed by atoms with E-state index in [-0.39, 0.29) is 5.91 Å². The molecule has 1 aliphatic heterocycles. The van der Waals surface area contributed by atoms with Crippen molar-refractivity contribution in [2.45, 2.75) is 25.7 Å². The molecular formula is C18H20N6O. The number of aromatic nitrogens is 5. The number of amides is 1. The Labute approximate surface area is 145 Å². The van der Waals surface area contributed by atoms with Gasteiger partial charge in [-0.1, -0.05) is 0 Å². The second-order valence-corrected chi connectivity index (χ2v) is 6.41. The molecule has 7 heteroatoms. The van der Waals surface area contributed by atoms with E-state index in [9.17, 15) is 4.79 Å². The number of carbonyl (C=O) groups is 1. The average Bonchev–Trinajstić information content (AvgIpc) is 3.33. The predicted octanol–water partition coefficient (Wildman–Crippen LogP) is 2.32. The van der Waals surface area contributed by atoms with Gasteiger partial charge in [-0.3, -0.25) is 9.89 Å². The SMILES string of the molecule is Cc1cn[nH]c1[C@@H]1CCCN(C(=O)c2ccc(-n3cccn3)nc2)C1. The van der Waals surface area contributed by atoms with Crippen LogP contribution in [0.5, 0.6) is 0 Å². The Morgan fingerprint density at radius 1 is 1.32 bits per heavy atom. The third-order valence-corrected chi connectivity index (χ3v) is 4.72. The molecule has 128 valence electrons. The van der Waals surface area contributed by atoms with E-state index < -0.39 is 0 Å². The molecule has 1 fully saturated rings. The highest BCUT2D eigenvalue weighted by Crippen LogP contribution is 2.28. The largest absolute Gasteiger partial charge is 0.338 e. The fourth-order valence-electron chi connectivity index (χ4n) is 3.40. The van der Waals surface area contributed by atoms with Crippen molar-refractivity contribution in [3.8, 4) is 5.82 Å². The molecule has 25 heavy (non-hydrogen) atoms. The topological polar surface area (TPSA) is 79.7 Å². The zero-order valence-electron chi connectivity index (χ0n) is 14.1. The van der Waals surface area contributed by atoms with Gasteiger partial charge >= 0.3 is 0 Å². The van der Waals surface area contributed by atoms with Crippen LogP contribution in [0.2, 0.25) is 0 Å². The normalized spacial score (nSPS) is 17.6. The number of likely N-dealkylation sites (tertiary alicyclic amines) is 1. The van der Waals surface area contributed by atoms with Crippen LogP contribution in [-0.2, 0) is 0 Å². The van der Waals surface area contributed by atoms with Gasteiger partial charge in [0.05, 0.1) is 11.8 Å². The molecule has 4 rings (SSSR count). The van der Waals surface area contributed by atoms with Crippen molar-refractivity contribution in [2.24, 2.45) is 0 Å². The first-order valence-electron chi connectivity index (χ1n) is 8.47. The molecule has 1 atom stereocenters. The van der Waals surface area contributed by atoms with E-state index in [1.165, 1.54) is 0 Å². The first-order valence-corrected chi connectivity index (χ1v) is 8.47. The molecule has 0 aromatic carbocycles. The average molecular weight is 336 g/mol. The number of aromatic amines is 1. The summed E-state index contributed by atoms with van der Waals surface area (Å²) in [5.41, 5.74) is 2.91. The molecule has 0 unspecified atom stereocenters. The van der Waals surface area contributed by atoms with Gasteiger partial charge in [-0.15, -0.1) is 0 Å². The molecule has 0 bridgehead atoms. The molecule has 1 N–H and O–H groups in total. The van der Waals surface area contributed by atoms with Crippen molar-refractivity contribution >= 4 is 5.91 Å². The predicted molar refractivity (Wildman–Crippen MR) is 92.6 cm³/mol. The summed E-state index contributed by atoms with van der Waals surface area (Å²) in [6.45, 7) is 3.55. The first kappa shape index (κ1) is 15.6. The molecule has 4 heterocycles. The van der Waals surface area contributed by atoms with Gasteiger partial charge in [0.15, 0.2) is 5.82 Å². The zero-order valence-corrected chi connectivity index (χ0v) is 14.1. The van der Waals surface area contributed by atoms with E-state index in [0.717, 1.165) is 30.6 Å². The quantitative estimate of drug-likeness (QED) is 0.796. The maximum Gasteiger partial charge on any atom is 0.255 e. The minimum atomic E-state index is 0.0291. The minimum Gasteiger partial charge on any atom is -0.338 e. The molecule has 7 nitrogen and oxygen atoms in total. The number of aryl methyl sites for hydroxylation is 1. The van der Waals surface area contributed by atoms with E-state index in [2.05, 4.69) is 27.2 Å². The summed E-state index contributed by atoms with van der Waals surface area (Å²) in [6, 6.07) is 5.48. The van der Waals surface area contributed by atoms with Gasteiger partial charge in [0.1, 0.15) is 0 Å². The van der Waals surface area contributed by atoms with Crippen molar-refractivity contribution in [1.82, 2.24) is 29.9 Å². The summed E-state index contributed by atoms with van der Waals surface area (Å²) in [6.07, 6.45) is 9.06. The van der Waals surface area contributed by atoms with Crippen molar-refractivity contribution < 1.29 is 4.79 Å². The van der Waals surface area contributed by atoms with Gasteiger partial charge in [-0.2, -0.15) is 10.2 Å². The second-order valence-electron chi connectivity index (χ2n) is 6.41. The van der Waals surface area contributed by atoms with Gasteiger partial charge < -0.3 is 4.90 Å². The maximum atomic E-state index is 12.8.